The van der Waals surface area contributed by atoms with E-state index < -0.39 is 5.41 Å². The fraction of sp³-hybridized carbons (Fsp3) is 0.0172. The van der Waals surface area contributed by atoms with Crippen LogP contribution in [0.15, 0.2) is 217 Å². The molecule has 2 aliphatic rings. The summed E-state index contributed by atoms with van der Waals surface area (Å²) in [5.41, 5.74) is 13.2. The van der Waals surface area contributed by atoms with E-state index in [1.54, 1.807) is 0 Å². The van der Waals surface area contributed by atoms with Crippen LogP contribution >= 0.6 is 0 Å². The van der Waals surface area contributed by atoms with Gasteiger partial charge in [-0.1, -0.05) is 164 Å². The lowest BCUT2D eigenvalue weighted by Crippen LogP contribution is -2.28. The second-order valence-corrected chi connectivity index (χ2v) is 16.3. The summed E-state index contributed by atoms with van der Waals surface area (Å²) in [4.78, 5) is 15.1. The lowest BCUT2D eigenvalue weighted by molar-refractivity contribution is 0.359. The summed E-state index contributed by atoms with van der Waals surface area (Å²) in [5, 5.41) is 2.08. The van der Waals surface area contributed by atoms with E-state index in [0.717, 1.165) is 60.9 Å². The predicted octanol–water partition coefficient (Wildman–Crippen LogP) is 14.7. The maximum absolute atomic E-state index is 6.50. The van der Waals surface area contributed by atoms with E-state index in [4.69, 9.17) is 28.8 Å². The van der Waals surface area contributed by atoms with E-state index in [1.807, 2.05) is 91.0 Å². The van der Waals surface area contributed by atoms with Gasteiger partial charge in [-0.3, -0.25) is 0 Å². The van der Waals surface area contributed by atoms with Gasteiger partial charge in [0, 0.05) is 27.5 Å². The maximum Gasteiger partial charge on any atom is 0.170 e. The summed E-state index contributed by atoms with van der Waals surface area (Å²) in [6, 6.07) is 73.5. The van der Waals surface area contributed by atoms with Gasteiger partial charge in [-0.2, -0.15) is 0 Å². The van der Waals surface area contributed by atoms with Crippen molar-refractivity contribution in [2.75, 3.05) is 0 Å². The summed E-state index contributed by atoms with van der Waals surface area (Å²) >= 11 is 0. The molecule has 0 spiro atoms. The molecule has 9 aromatic carbocycles. The van der Waals surface area contributed by atoms with Crippen LogP contribution in [0.3, 0.4) is 0 Å². The standard InChI is InChI=1S/C58H35N3O3/c1-2-12-38(13-3-1)55-59-56(61-57(60-55)40-28-32-50-46(34-40)45-16-6-9-19-49(45)62-50)39-24-22-36(23-25-39)37-26-29-41(30-27-37)58(47-17-7-4-14-43(47)44-15-5-8-18-48(44)58)42-31-33-53-54(35-42)64-52-21-11-10-20-51(52)63-53/h1-35H. The minimum absolute atomic E-state index is 0.600. The van der Waals surface area contributed by atoms with Gasteiger partial charge in [0.2, 0.25) is 0 Å². The number of furan rings is 1. The molecule has 0 N–H and O–H groups in total. The smallest absolute Gasteiger partial charge is 0.170 e. The Morgan fingerprint density at radius 3 is 1.50 bits per heavy atom. The topological polar surface area (TPSA) is 70.3 Å². The zero-order chi connectivity index (χ0) is 42.2. The summed E-state index contributed by atoms with van der Waals surface area (Å²) in [6.45, 7) is 0. The summed E-state index contributed by atoms with van der Waals surface area (Å²) in [5.74, 6) is 4.63. The molecule has 0 radical (unpaired) electrons. The molecule has 0 unspecified atom stereocenters. The van der Waals surface area contributed by atoms with E-state index in [0.29, 0.717) is 40.5 Å². The van der Waals surface area contributed by atoms with Gasteiger partial charge in [-0.15, -0.1) is 0 Å². The normalized spacial score (nSPS) is 13.1. The first kappa shape index (κ1) is 36.1. The molecule has 300 valence electrons. The van der Waals surface area contributed by atoms with Crippen LogP contribution in [0.2, 0.25) is 0 Å². The molecule has 0 bridgehead atoms. The number of fused-ring (bicyclic) bond motifs is 8. The summed E-state index contributed by atoms with van der Waals surface area (Å²) in [7, 11) is 0. The van der Waals surface area contributed by atoms with Crippen molar-refractivity contribution in [1.82, 2.24) is 15.0 Å². The first-order chi connectivity index (χ1) is 31.7. The highest BCUT2D eigenvalue weighted by Gasteiger charge is 2.46. The summed E-state index contributed by atoms with van der Waals surface area (Å²) in [6.07, 6.45) is 0. The van der Waals surface area contributed by atoms with E-state index in [9.17, 15) is 0 Å². The third kappa shape index (κ3) is 5.63. The van der Waals surface area contributed by atoms with E-state index in [-0.39, 0.29) is 0 Å². The highest BCUT2D eigenvalue weighted by Crippen LogP contribution is 2.58. The molecule has 0 atom stereocenters. The van der Waals surface area contributed by atoms with Gasteiger partial charge in [0.25, 0.3) is 0 Å². The van der Waals surface area contributed by atoms with Crippen molar-refractivity contribution in [2.24, 2.45) is 0 Å². The molecule has 11 aromatic rings. The molecule has 2 aromatic heterocycles. The number of benzene rings is 9. The van der Waals surface area contributed by atoms with Crippen molar-refractivity contribution < 1.29 is 13.9 Å². The Bertz CT molecular complexity index is 3570. The van der Waals surface area contributed by atoms with Gasteiger partial charge in [0.1, 0.15) is 11.2 Å². The Balaban J connectivity index is 0.885. The van der Waals surface area contributed by atoms with Crippen molar-refractivity contribution in [1.29, 1.82) is 0 Å². The van der Waals surface area contributed by atoms with Crippen molar-refractivity contribution in [3.63, 3.8) is 0 Å². The van der Waals surface area contributed by atoms with Crippen molar-refractivity contribution in [2.45, 2.75) is 5.41 Å². The van der Waals surface area contributed by atoms with Gasteiger partial charge >= 0.3 is 0 Å². The number of para-hydroxylation sites is 3. The van der Waals surface area contributed by atoms with E-state index >= 15 is 0 Å². The zero-order valence-corrected chi connectivity index (χ0v) is 34.3. The molecular weight excluding hydrogens is 787 g/mol. The Labute approximate surface area is 368 Å². The third-order valence-corrected chi connectivity index (χ3v) is 12.7. The molecule has 0 amide bonds. The average molecular weight is 822 g/mol. The Morgan fingerprint density at radius 2 is 0.797 bits per heavy atom. The second-order valence-electron chi connectivity index (χ2n) is 16.3. The van der Waals surface area contributed by atoms with Crippen molar-refractivity contribution in [3.05, 3.63) is 235 Å². The molecule has 64 heavy (non-hydrogen) atoms. The van der Waals surface area contributed by atoms with Crippen LogP contribution in [0.25, 0.3) is 78.4 Å². The van der Waals surface area contributed by atoms with Crippen LogP contribution in [0.1, 0.15) is 22.3 Å². The predicted molar refractivity (Wildman–Crippen MR) is 253 cm³/mol. The molecule has 1 aliphatic carbocycles. The van der Waals surface area contributed by atoms with Crippen LogP contribution in [0.4, 0.5) is 0 Å². The van der Waals surface area contributed by atoms with Crippen molar-refractivity contribution >= 4 is 21.9 Å². The van der Waals surface area contributed by atoms with Gasteiger partial charge in [0.05, 0.1) is 5.41 Å². The molecular formula is C58H35N3O3. The van der Waals surface area contributed by atoms with Crippen LogP contribution in [-0.4, -0.2) is 15.0 Å². The minimum atomic E-state index is -0.604. The molecule has 0 saturated heterocycles. The zero-order valence-electron chi connectivity index (χ0n) is 34.3. The minimum Gasteiger partial charge on any atom is -0.456 e. The highest BCUT2D eigenvalue weighted by molar-refractivity contribution is 6.06. The maximum atomic E-state index is 6.50. The number of aromatic nitrogens is 3. The highest BCUT2D eigenvalue weighted by atomic mass is 16.6. The molecule has 0 saturated carbocycles. The Kier molecular flexibility index (Phi) is 8.02. The summed E-state index contributed by atoms with van der Waals surface area (Å²) < 4.78 is 18.9. The quantitative estimate of drug-likeness (QED) is 0.166. The second kappa shape index (κ2) is 14.2. The molecule has 0 fully saturated rings. The van der Waals surface area contributed by atoms with Crippen LogP contribution < -0.4 is 9.47 Å². The number of rotatable bonds is 6. The first-order valence-corrected chi connectivity index (χ1v) is 21.4. The lowest BCUT2D eigenvalue weighted by Gasteiger charge is -2.34. The number of hydrogen-bond donors (Lipinski definition) is 0. The fourth-order valence-electron chi connectivity index (χ4n) is 9.72. The van der Waals surface area contributed by atoms with Crippen LogP contribution in [0, 0.1) is 0 Å². The van der Waals surface area contributed by atoms with Gasteiger partial charge in [-0.05, 0) is 93.0 Å². The van der Waals surface area contributed by atoms with Crippen molar-refractivity contribution in [3.8, 4) is 79.4 Å². The first-order valence-electron chi connectivity index (χ1n) is 21.4. The fourth-order valence-corrected chi connectivity index (χ4v) is 9.72. The molecule has 3 heterocycles. The van der Waals surface area contributed by atoms with Gasteiger partial charge in [-0.25, -0.2) is 15.0 Å². The molecule has 6 heteroatoms. The number of ether oxygens (including phenoxy) is 2. The average Bonchev–Trinajstić information content (AvgIpc) is 3.89. The lowest BCUT2D eigenvalue weighted by atomic mass is 9.67. The van der Waals surface area contributed by atoms with Crippen LogP contribution in [0.5, 0.6) is 23.0 Å². The third-order valence-electron chi connectivity index (χ3n) is 12.7. The van der Waals surface area contributed by atoms with E-state index in [1.165, 1.54) is 22.3 Å². The Hall–Kier alpha value is -8.61. The Morgan fingerprint density at radius 1 is 0.312 bits per heavy atom. The SMILES string of the molecule is c1ccc(-c2nc(-c3ccc(-c4ccc(C5(c6ccc7c(c6)Oc6ccccc6O7)c6ccccc6-c6ccccc65)cc4)cc3)nc(-c3ccc4oc5ccccc5c4c3)n2)cc1. The van der Waals surface area contributed by atoms with Gasteiger partial charge in [0.15, 0.2) is 40.5 Å². The number of hydrogen-bond acceptors (Lipinski definition) is 6. The largest absolute Gasteiger partial charge is 0.456 e. The van der Waals surface area contributed by atoms with Gasteiger partial charge < -0.3 is 13.9 Å². The monoisotopic (exact) mass is 821 g/mol. The van der Waals surface area contributed by atoms with E-state index in [2.05, 4.69) is 121 Å². The van der Waals surface area contributed by atoms with Crippen LogP contribution in [-0.2, 0) is 5.41 Å². The number of nitrogens with zero attached hydrogens (tertiary/aromatic N) is 3. The molecule has 1 aliphatic heterocycles. The molecule has 6 nitrogen and oxygen atoms in total. The molecule has 13 rings (SSSR count).